The van der Waals surface area contributed by atoms with Crippen LogP contribution >= 0.6 is 15.9 Å². The molecule has 5 heteroatoms. The molecule has 88 valence electrons. The van der Waals surface area contributed by atoms with Crippen LogP contribution in [0.25, 0.3) is 0 Å². The number of nitrogens with one attached hydrogen (secondary N) is 1. The highest BCUT2D eigenvalue weighted by molar-refractivity contribution is 9.10. The van der Waals surface area contributed by atoms with Crippen molar-refractivity contribution < 1.29 is 4.79 Å². The van der Waals surface area contributed by atoms with Crippen LogP contribution in [0.5, 0.6) is 0 Å². The predicted molar refractivity (Wildman–Crippen MR) is 70.7 cm³/mol. The Kier molecular flexibility index (Phi) is 4.32. The molecule has 0 radical (unpaired) electrons. The lowest BCUT2D eigenvalue weighted by Crippen LogP contribution is -2.33. The molecule has 0 saturated heterocycles. The average Bonchev–Trinajstić information content (AvgIpc) is 2.16. The second-order valence-electron chi connectivity index (χ2n) is 3.83. The van der Waals surface area contributed by atoms with Gasteiger partial charge >= 0.3 is 0 Å². The molecule has 0 spiro atoms. The Balaban J connectivity index is 3.01. The first-order valence-corrected chi connectivity index (χ1v) is 5.74. The van der Waals surface area contributed by atoms with Gasteiger partial charge in [0.15, 0.2) is 0 Å². The van der Waals surface area contributed by atoms with Gasteiger partial charge in [-0.1, -0.05) is 15.9 Å². The Bertz CT molecular complexity index is 391. The molecule has 3 N–H and O–H groups in total. The third-order valence-electron chi connectivity index (χ3n) is 2.11. The normalized spacial score (nSPS) is 12.1. The van der Waals surface area contributed by atoms with Crippen molar-refractivity contribution in [2.45, 2.75) is 13.0 Å². The van der Waals surface area contributed by atoms with E-state index in [4.69, 9.17) is 5.73 Å². The number of anilines is 2. The van der Waals surface area contributed by atoms with Gasteiger partial charge in [-0.15, -0.1) is 0 Å². The maximum atomic E-state index is 11.5. The molecule has 0 fully saturated rings. The lowest BCUT2D eigenvalue weighted by Gasteiger charge is -2.18. The van der Waals surface area contributed by atoms with Crippen LogP contribution in [0.15, 0.2) is 22.7 Å². The summed E-state index contributed by atoms with van der Waals surface area (Å²) in [6, 6.07) is 5.20. The summed E-state index contributed by atoms with van der Waals surface area (Å²) in [5.74, 6) is -0.193. The van der Waals surface area contributed by atoms with Crippen molar-refractivity contribution in [1.82, 2.24) is 0 Å². The number of halogens is 1. The van der Waals surface area contributed by atoms with Crippen LogP contribution in [0, 0.1) is 0 Å². The van der Waals surface area contributed by atoms with Crippen LogP contribution < -0.4 is 16.0 Å². The smallest absolute Gasteiger partial charge is 0.241 e. The molecule has 0 aromatic heterocycles. The number of carbonyl (C=O) groups is 1. The minimum Gasteiger partial charge on any atom is -0.376 e. The molecule has 0 heterocycles. The highest BCUT2D eigenvalue weighted by atomic mass is 79.9. The fourth-order valence-corrected chi connectivity index (χ4v) is 1.61. The van der Waals surface area contributed by atoms with Gasteiger partial charge in [0, 0.05) is 18.6 Å². The van der Waals surface area contributed by atoms with Crippen LogP contribution in [0.1, 0.15) is 6.92 Å². The number of nitrogens with two attached hydrogens (primary N) is 1. The average molecular weight is 286 g/mol. The molecule has 1 rings (SSSR count). The Hall–Kier alpha value is -1.07. The van der Waals surface area contributed by atoms with Gasteiger partial charge in [0.1, 0.15) is 0 Å². The van der Waals surface area contributed by atoms with Gasteiger partial charge < -0.3 is 16.0 Å². The van der Waals surface area contributed by atoms with E-state index in [2.05, 4.69) is 21.2 Å². The number of carbonyl (C=O) groups excluding carboxylic acids is 1. The van der Waals surface area contributed by atoms with E-state index in [1.54, 1.807) is 6.92 Å². The van der Waals surface area contributed by atoms with Crippen molar-refractivity contribution in [2.24, 2.45) is 5.73 Å². The van der Waals surface area contributed by atoms with Crippen molar-refractivity contribution >= 4 is 33.2 Å². The predicted octanol–water partition coefficient (Wildman–Crippen LogP) is 1.80. The summed E-state index contributed by atoms with van der Waals surface area (Å²) in [6.07, 6.45) is 0. The first kappa shape index (κ1) is 13.0. The fourth-order valence-electron chi connectivity index (χ4n) is 1.24. The molecule has 0 aliphatic heterocycles. The van der Waals surface area contributed by atoms with Gasteiger partial charge in [-0.2, -0.15) is 0 Å². The summed E-state index contributed by atoms with van der Waals surface area (Å²) in [7, 11) is 3.84. The molecule has 4 nitrogen and oxygen atoms in total. The van der Waals surface area contributed by atoms with Gasteiger partial charge in [-0.05, 0) is 25.1 Å². The number of hydrogen-bond donors (Lipinski definition) is 2. The summed E-state index contributed by atoms with van der Waals surface area (Å²) < 4.78 is 0.915. The van der Waals surface area contributed by atoms with Gasteiger partial charge in [0.2, 0.25) is 5.91 Å². The monoisotopic (exact) mass is 285 g/mol. The van der Waals surface area contributed by atoms with Crippen molar-refractivity contribution in [1.29, 1.82) is 0 Å². The quantitative estimate of drug-likeness (QED) is 0.890. The summed E-state index contributed by atoms with van der Waals surface area (Å²) >= 11 is 3.37. The molecule has 0 bridgehead atoms. The maximum Gasteiger partial charge on any atom is 0.241 e. The number of rotatable bonds is 3. The Morgan fingerprint density at radius 3 is 2.62 bits per heavy atom. The molecular weight excluding hydrogens is 270 g/mol. The second kappa shape index (κ2) is 5.32. The molecule has 1 atom stereocenters. The third-order valence-corrected chi connectivity index (χ3v) is 2.61. The molecule has 1 aromatic carbocycles. The first-order valence-electron chi connectivity index (χ1n) is 4.95. The largest absolute Gasteiger partial charge is 0.376 e. The molecule has 0 aliphatic rings. The van der Waals surface area contributed by atoms with Crippen molar-refractivity contribution in [3.63, 3.8) is 0 Å². The number of benzene rings is 1. The van der Waals surface area contributed by atoms with Gasteiger partial charge in [0.25, 0.3) is 0 Å². The highest BCUT2D eigenvalue weighted by Crippen LogP contribution is 2.27. The zero-order chi connectivity index (χ0) is 12.3. The number of hydrogen-bond acceptors (Lipinski definition) is 3. The SMILES string of the molecule is C[C@@H](N)C(=O)Nc1cc(Br)ccc1N(C)C. The van der Waals surface area contributed by atoms with Crippen LogP contribution in [-0.4, -0.2) is 26.0 Å². The fraction of sp³-hybridized carbons (Fsp3) is 0.364. The summed E-state index contributed by atoms with van der Waals surface area (Å²) in [6.45, 7) is 1.66. The summed E-state index contributed by atoms with van der Waals surface area (Å²) in [4.78, 5) is 13.5. The topological polar surface area (TPSA) is 58.4 Å². The van der Waals surface area contributed by atoms with E-state index in [0.717, 1.165) is 15.8 Å². The second-order valence-corrected chi connectivity index (χ2v) is 4.75. The standard InChI is InChI=1S/C11H16BrN3O/c1-7(13)11(16)14-9-6-8(12)4-5-10(9)15(2)3/h4-7H,13H2,1-3H3,(H,14,16)/t7-/m1/s1. The number of amides is 1. The van der Waals surface area contributed by atoms with E-state index in [0.29, 0.717) is 0 Å². The molecule has 0 unspecified atom stereocenters. The van der Waals surface area contributed by atoms with E-state index in [1.807, 2.05) is 37.2 Å². The minimum atomic E-state index is -0.519. The summed E-state index contributed by atoms with van der Waals surface area (Å²) in [5.41, 5.74) is 7.20. The molecular formula is C11H16BrN3O. The molecule has 0 saturated carbocycles. The van der Waals surface area contributed by atoms with Crippen LogP contribution in [0.3, 0.4) is 0 Å². The van der Waals surface area contributed by atoms with Gasteiger partial charge in [0.05, 0.1) is 17.4 Å². The molecule has 1 aromatic rings. The van der Waals surface area contributed by atoms with Crippen LogP contribution in [0.4, 0.5) is 11.4 Å². The Morgan fingerprint density at radius 2 is 2.12 bits per heavy atom. The number of nitrogens with zero attached hydrogens (tertiary/aromatic N) is 1. The highest BCUT2D eigenvalue weighted by Gasteiger charge is 2.11. The van der Waals surface area contributed by atoms with Crippen molar-refractivity contribution in [3.05, 3.63) is 22.7 Å². The van der Waals surface area contributed by atoms with Crippen molar-refractivity contribution in [3.8, 4) is 0 Å². The zero-order valence-electron chi connectivity index (χ0n) is 9.62. The van der Waals surface area contributed by atoms with E-state index >= 15 is 0 Å². The van der Waals surface area contributed by atoms with Crippen molar-refractivity contribution in [2.75, 3.05) is 24.3 Å². The van der Waals surface area contributed by atoms with E-state index in [-0.39, 0.29) is 5.91 Å². The van der Waals surface area contributed by atoms with E-state index < -0.39 is 6.04 Å². The lowest BCUT2D eigenvalue weighted by molar-refractivity contribution is -0.117. The Morgan fingerprint density at radius 1 is 1.50 bits per heavy atom. The molecule has 16 heavy (non-hydrogen) atoms. The third kappa shape index (κ3) is 3.21. The van der Waals surface area contributed by atoms with Crippen LogP contribution in [-0.2, 0) is 4.79 Å². The molecule has 1 amide bonds. The Labute approximate surface area is 104 Å². The van der Waals surface area contributed by atoms with E-state index in [9.17, 15) is 4.79 Å². The van der Waals surface area contributed by atoms with Gasteiger partial charge in [-0.3, -0.25) is 4.79 Å². The summed E-state index contributed by atoms with van der Waals surface area (Å²) in [5, 5.41) is 2.80. The van der Waals surface area contributed by atoms with Gasteiger partial charge in [-0.25, -0.2) is 0 Å². The van der Waals surface area contributed by atoms with Crippen LogP contribution in [0.2, 0.25) is 0 Å². The molecule has 0 aliphatic carbocycles. The minimum absolute atomic E-state index is 0.193. The van der Waals surface area contributed by atoms with E-state index in [1.165, 1.54) is 0 Å². The zero-order valence-corrected chi connectivity index (χ0v) is 11.2. The maximum absolute atomic E-state index is 11.5. The lowest BCUT2D eigenvalue weighted by atomic mass is 10.2. The first-order chi connectivity index (χ1) is 7.41.